The molecule has 0 unspecified atom stereocenters. The minimum absolute atomic E-state index is 0.388. The lowest BCUT2D eigenvalue weighted by atomic mass is 9.98. The third-order valence-electron chi connectivity index (χ3n) is 4.49. The first-order valence-electron chi connectivity index (χ1n) is 8.39. The summed E-state index contributed by atoms with van der Waals surface area (Å²) < 4.78 is 10.7. The van der Waals surface area contributed by atoms with Gasteiger partial charge in [-0.15, -0.1) is 0 Å². The zero-order valence-corrected chi connectivity index (χ0v) is 14.0. The van der Waals surface area contributed by atoms with Crippen LogP contribution in [0.1, 0.15) is 37.7 Å². The van der Waals surface area contributed by atoms with Crippen LogP contribution in [-0.2, 0) is 0 Å². The van der Waals surface area contributed by atoms with Crippen molar-refractivity contribution in [1.82, 2.24) is 4.90 Å². The van der Waals surface area contributed by atoms with Crippen molar-refractivity contribution in [1.29, 1.82) is 0 Å². The molecule has 0 aromatic heterocycles. The molecule has 1 saturated carbocycles. The molecular formula is C18H21N3OS. The third-order valence-corrected chi connectivity index (χ3v) is 5.16. The first-order chi connectivity index (χ1) is 11.4. The third kappa shape index (κ3) is 3.29. The summed E-state index contributed by atoms with van der Waals surface area (Å²) in [5, 5.41) is 0. The lowest BCUT2D eigenvalue weighted by Gasteiger charge is -2.28. The van der Waals surface area contributed by atoms with Crippen LogP contribution in [0.5, 0.6) is 5.75 Å². The van der Waals surface area contributed by atoms with Gasteiger partial charge in [0, 0.05) is 30.3 Å². The van der Waals surface area contributed by atoms with Crippen molar-refractivity contribution in [3.8, 4) is 5.75 Å². The normalized spacial score (nSPS) is 21.5. The van der Waals surface area contributed by atoms with Crippen LogP contribution >= 0.6 is 11.9 Å². The van der Waals surface area contributed by atoms with Crippen LogP contribution in [-0.4, -0.2) is 34.8 Å². The monoisotopic (exact) mass is 327 g/mol. The smallest absolute Gasteiger partial charge is 0.167 e. The molecule has 2 heterocycles. The lowest BCUT2D eigenvalue weighted by molar-refractivity contribution is 0.155. The topological polar surface area (TPSA) is 37.2 Å². The highest BCUT2D eigenvalue weighted by Gasteiger charge is 2.23. The van der Waals surface area contributed by atoms with Crippen molar-refractivity contribution in [3.63, 3.8) is 0 Å². The first-order valence-corrected chi connectivity index (χ1v) is 9.33. The molecule has 1 aromatic carbocycles. The number of rotatable bonds is 3. The molecule has 0 atom stereocenters. The molecule has 1 aliphatic carbocycles. The molecule has 0 N–H and O–H groups in total. The molecule has 4 rings (SSSR count). The fourth-order valence-electron chi connectivity index (χ4n) is 3.25. The average molecular weight is 327 g/mol. The van der Waals surface area contributed by atoms with Crippen LogP contribution in [0.2, 0.25) is 0 Å². The molecule has 1 aromatic rings. The number of hydrogen-bond acceptors (Lipinski definition) is 5. The van der Waals surface area contributed by atoms with E-state index in [1.54, 1.807) is 11.9 Å². The lowest BCUT2D eigenvalue weighted by Crippen LogP contribution is -2.38. The maximum Gasteiger partial charge on any atom is 0.167 e. The molecular weight excluding hydrogens is 306 g/mol. The van der Waals surface area contributed by atoms with Crippen LogP contribution in [0.25, 0.3) is 0 Å². The summed E-state index contributed by atoms with van der Waals surface area (Å²) in [5.41, 5.74) is 2.04. The average Bonchev–Trinajstić information content (AvgIpc) is 2.63. The Morgan fingerprint density at radius 3 is 2.74 bits per heavy atom. The fraction of sp³-hybridized carbons (Fsp3) is 0.444. The van der Waals surface area contributed by atoms with Crippen LogP contribution < -0.4 is 4.74 Å². The van der Waals surface area contributed by atoms with Gasteiger partial charge in [0.15, 0.2) is 5.84 Å². The van der Waals surface area contributed by atoms with Crippen LogP contribution in [0.15, 0.2) is 46.1 Å². The number of fused-ring (bicyclic) bond motifs is 1. The van der Waals surface area contributed by atoms with Crippen molar-refractivity contribution in [3.05, 3.63) is 42.2 Å². The van der Waals surface area contributed by atoms with Gasteiger partial charge in [-0.25, -0.2) is 0 Å². The second kappa shape index (κ2) is 6.79. The Morgan fingerprint density at radius 1 is 1.09 bits per heavy atom. The summed E-state index contributed by atoms with van der Waals surface area (Å²) in [6, 6.07) is 8.31. The predicted molar refractivity (Wildman–Crippen MR) is 96.2 cm³/mol. The van der Waals surface area contributed by atoms with Crippen molar-refractivity contribution in [2.45, 2.75) is 38.2 Å². The number of hydrogen-bond donors (Lipinski definition) is 0. The van der Waals surface area contributed by atoms with E-state index in [0.29, 0.717) is 6.10 Å². The van der Waals surface area contributed by atoms with Crippen LogP contribution in [0, 0.1) is 0 Å². The standard InChI is InChI=1S/C18H21N3OS/c1-2-4-15(5-3-1)22-16-8-6-14(7-9-16)17-18-20-23-13-12-21(18)11-10-19-17/h6-11,15H,1-5,12-13H2. The van der Waals surface area contributed by atoms with Crippen LogP contribution in [0.4, 0.5) is 0 Å². The van der Waals surface area contributed by atoms with Crippen molar-refractivity contribution in [2.24, 2.45) is 9.39 Å². The van der Waals surface area contributed by atoms with Gasteiger partial charge in [0.1, 0.15) is 11.5 Å². The minimum atomic E-state index is 0.388. The molecule has 23 heavy (non-hydrogen) atoms. The highest BCUT2D eigenvalue weighted by atomic mass is 32.2. The summed E-state index contributed by atoms with van der Waals surface area (Å²) >= 11 is 1.61. The molecule has 0 bridgehead atoms. The van der Waals surface area contributed by atoms with Crippen molar-refractivity contribution < 1.29 is 4.74 Å². The van der Waals surface area contributed by atoms with Gasteiger partial charge in [-0.05, 0) is 61.9 Å². The summed E-state index contributed by atoms with van der Waals surface area (Å²) in [6.07, 6.45) is 10.5. The minimum Gasteiger partial charge on any atom is -0.490 e. The summed E-state index contributed by atoms with van der Waals surface area (Å²) in [7, 11) is 0. The second-order valence-corrected chi connectivity index (χ2v) is 6.97. The highest BCUT2D eigenvalue weighted by Crippen LogP contribution is 2.25. The maximum absolute atomic E-state index is 6.11. The largest absolute Gasteiger partial charge is 0.490 e. The van der Waals surface area contributed by atoms with E-state index in [2.05, 4.69) is 38.6 Å². The predicted octanol–water partition coefficient (Wildman–Crippen LogP) is 4.03. The zero-order valence-electron chi connectivity index (χ0n) is 13.1. The molecule has 0 saturated heterocycles. The molecule has 3 aliphatic rings. The van der Waals surface area contributed by atoms with Crippen LogP contribution in [0.3, 0.4) is 0 Å². The van der Waals surface area contributed by atoms with Gasteiger partial charge in [0.2, 0.25) is 0 Å². The Bertz CT molecular complexity index is 645. The second-order valence-electron chi connectivity index (χ2n) is 6.12. The van der Waals surface area contributed by atoms with E-state index in [4.69, 9.17) is 4.74 Å². The van der Waals surface area contributed by atoms with E-state index in [0.717, 1.165) is 35.2 Å². The molecule has 120 valence electrons. The van der Waals surface area contributed by atoms with Gasteiger partial charge < -0.3 is 9.64 Å². The molecule has 2 aliphatic heterocycles. The van der Waals surface area contributed by atoms with E-state index >= 15 is 0 Å². The Kier molecular flexibility index (Phi) is 4.37. The van der Waals surface area contributed by atoms with E-state index in [-0.39, 0.29) is 0 Å². The molecule has 4 nitrogen and oxygen atoms in total. The van der Waals surface area contributed by atoms with Gasteiger partial charge in [0.05, 0.1) is 6.10 Å². The van der Waals surface area contributed by atoms with Crippen molar-refractivity contribution in [2.75, 3.05) is 12.3 Å². The van der Waals surface area contributed by atoms with Gasteiger partial charge in [-0.1, -0.05) is 6.42 Å². The zero-order chi connectivity index (χ0) is 15.5. The number of benzene rings is 1. The van der Waals surface area contributed by atoms with E-state index in [9.17, 15) is 0 Å². The first kappa shape index (κ1) is 14.8. The maximum atomic E-state index is 6.11. The number of ether oxygens (including phenoxy) is 1. The van der Waals surface area contributed by atoms with Crippen molar-refractivity contribution >= 4 is 23.5 Å². The number of nitrogens with zero attached hydrogens (tertiary/aromatic N) is 3. The Balaban J connectivity index is 1.50. The van der Waals surface area contributed by atoms with Gasteiger partial charge >= 0.3 is 0 Å². The SMILES string of the molecule is C1=CN2CCSN=C2C(c2ccc(OC3CCCCC3)cc2)=N1. The molecule has 0 spiro atoms. The van der Waals surface area contributed by atoms with Gasteiger partial charge in [0.25, 0.3) is 0 Å². The van der Waals surface area contributed by atoms with E-state index < -0.39 is 0 Å². The molecule has 0 radical (unpaired) electrons. The summed E-state index contributed by atoms with van der Waals surface area (Å²) in [4.78, 5) is 6.71. The fourth-order valence-corrected chi connectivity index (χ4v) is 3.93. The highest BCUT2D eigenvalue weighted by molar-refractivity contribution is 7.98. The van der Waals surface area contributed by atoms with E-state index in [1.165, 1.54) is 32.1 Å². The van der Waals surface area contributed by atoms with Gasteiger partial charge in [-0.2, -0.15) is 4.40 Å². The molecule has 5 heteroatoms. The molecule has 1 fully saturated rings. The van der Waals surface area contributed by atoms with E-state index in [1.807, 2.05) is 12.4 Å². The van der Waals surface area contributed by atoms with Gasteiger partial charge in [-0.3, -0.25) is 4.99 Å². The molecule has 0 amide bonds. The number of amidine groups is 1. The Labute approximate surface area is 141 Å². The Hall–Kier alpha value is -1.75. The quantitative estimate of drug-likeness (QED) is 0.787. The number of aliphatic imine (C=N–C) groups is 1. The summed E-state index contributed by atoms with van der Waals surface area (Å²) in [5.74, 6) is 2.95. The summed E-state index contributed by atoms with van der Waals surface area (Å²) in [6.45, 7) is 0.988. The Morgan fingerprint density at radius 2 is 1.91 bits per heavy atom.